The van der Waals surface area contributed by atoms with Gasteiger partial charge in [-0.15, -0.1) is 11.8 Å². The van der Waals surface area contributed by atoms with Gasteiger partial charge in [0.2, 0.25) is 0 Å². The van der Waals surface area contributed by atoms with Gasteiger partial charge in [0.15, 0.2) is 5.54 Å². The predicted molar refractivity (Wildman–Crippen MR) is 89.9 cm³/mol. The maximum Gasteiger partial charge on any atom is 0.156 e. The van der Waals surface area contributed by atoms with Crippen LogP contribution in [0.3, 0.4) is 0 Å². The van der Waals surface area contributed by atoms with E-state index in [4.69, 9.17) is 0 Å². The molecule has 0 spiro atoms. The fraction of sp³-hybridized carbons (Fsp3) is 0.438. The van der Waals surface area contributed by atoms with Crippen molar-refractivity contribution in [1.82, 2.24) is 4.90 Å². The van der Waals surface area contributed by atoms with Crippen molar-refractivity contribution in [3.05, 3.63) is 46.9 Å². The molecule has 0 amide bonds. The first-order valence-electron chi connectivity index (χ1n) is 6.75. The second-order valence-electron chi connectivity index (χ2n) is 4.82. The van der Waals surface area contributed by atoms with Crippen LogP contribution < -0.4 is 0 Å². The standard InChI is InChI=1S/C16H20N2S2/c1-14(12-19-2)16(13-17,15-6-4-3-5-7-15)18-8-10-20-11-9-18/h3-7,12H,8-11H2,1-2H3/t16-/m0/s1. The molecule has 2 rings (SSSR count). The van der Waals surface area contributed by atoms with Gasteiger partial charge in [-0.2, -0.15) is 17.0 Å². The van der Waals surface area contributed by atoms with Crippen LogP contribution >= 0.6 is 23.5 Å². The fourth-order valence-electron chi connectivity index (χ4n) is 2.72. The van der Waals surface area contributed by atoms with Gasteiger partial charge in [0, 0.05) is 24.6 Å². The van der Waals surface area contributed by atoms with Crippen molar-refractivity contribution in [1.29, 1.82) is 5.26 Å². The molecular formula is C16H20N2S2. The van der Waals surface area contributed by atoms with Gasteiger partial charge in [0.1, 0.15) is 0 Å². The van der Waals surface area contributed by atoms with Crippen LogP contribution in [0.25, 0.3) is 0 Å². The number of nitrogens with zero attached hydrogens (tertiary/aromatic N) is 2. The summed E-state index contributed by atoms with van der Waals surface area (Å²) in [6.07, 6.45) is 2.04. The van der Waals surface area contributed by atoms with Gasteiger partial charge in [-0.25, -0.2) is 0 Å². The lowest BCUT2D eigenvalue weighted by atomic mass is 9.83. The Morgan fingerprint density at radius 3 is 2.55 bits per heavy atom. The molecule has 2 nitrogen and oxygen atoms in total. The van der Waals surface area contributed by atoms with E-state index in [-0.39, 0.29) is 0 Å². The minimum absolute atomic E-state index is 0.620. The lowest BCUT2D eigenvalue weighted by Crippen LogP contribution is -2.50. The highest BCUT2D eigenvalue weighted by molar-refractivity contribution is 8.01. The fourth-order valence-corrected chi connectivity index (χ4v) is 4.15. The van der Waals surface area contributed by atoms with Crippen molar-refractivity contribution in [2.75, 3.05) is 30.9 Å². The molecule has 1 aromatic rings. The van der Waals surface area contributed by atoms with Crippen LogP contribution in [0.15, 0.2) is 41.3 Å². The summed E-state index contributed by atoms with van der Waals surface area (Å²) in [5.41, 5.74) is 1.58. The van der Waals surface area contributed by atoms with Crippen LogP contribution in [0.2, 0.25) is 0 Å². The van der Waals surface area contributed by atoms with Gasteiger partial charge in [-0.05, 0) is 29.7 Å². The monoisotopic (exact) mass is 304 g/mol. The average Bonchev–Trinajstić information content (AvgIpc) is 2.51. The Morgan fingerprint density at radius 2 is 2.00 bits per heavy atom. The summed E-state index contributed by atoms with van der Waals surface area (Å²) in [5.74, 6) is 2.20. The Morgan fingerprint density at radius 1 is 1.35 bits per heavy atom. The zero-order chi connectivity index (χ0) is 14.4. The van der Waals surface area contributed by atoms with Crippen LogP contribution in [-0.2, 0) is 5.54 Å². The van der Waals surface area contributed by atoms with Crippen LogP contribution in [-0.4, -0.2) is 35.8 Å². The Hall–Kier alpha value is -0.890. The topological polar surface area (TPSA) is 27.0 Å². The highest BCUT2D eigenvalue weighted by Gasteiger charge is 2.41. The molecule has 4 heteroatoms. The summed E-state index contributed by atoms with van der Waals surface area (Å²) in [5, 5.41) is 12.1. The molecule has 1 aliphatic heterocycles. The van der Waals surface area contributed by atoms with Crippen molar-refractivity contribution in [3.8, 4) is 6.07 Å². The highest BCUT2D eigenvalue weighted by atomic mass is 32.2. The Labute approximate surface area is 130 Å². The van der Waals surface area contributed by atoms with E-state index in [1.807, 2.05) is 36.2 Å². The van der Waals surface area contributed by atoms with Crippen LogP contribution in [0.5, 0.6) is 0 Å². The Bertz CT molecular complexity index is 501. The van der Waals surface area contributed by atoms with E-state index in [9.17, 15) is 5.26 Å². The summed E-state index contributed by atoms with van der Waals surface area (Å²) in [6, 6.07) is 12.8. The number of benzene rings is 1. The lowest BCUT2D eigenvalue weighted by molar-refractivity contribution is 0.185. The quantitative estimate of drug-likeness (QED) is 0.847. The number of nitriles is 1. The van der Waals surface area contributed by atoms with Crippen molar-refractivity contribution < 1.29 is 0 Å². The van der Waals surface area contributed by atoms with E-state index >= 15 is 0 Å². The van der Waals surface area contributed by atoms with E-state index in [1.165, 1.54) is 0 Å². The molecule has 0 aromatic heterocycles. The maximum atomic E-state index is 10.0. The molecule has 1 heterocycles. The Balaban J connectivity index is 2.52. The summed E-state index contributed by atoms with van der Waals surface area (Å²) < 4.78 is 0. The van der Waals surface area contributed by atoms with E-state index < -0.39 is 5.54 Å². The van der Waals surface area contributed by atoms with Crippen molar-refractivity contribution in [2.24, 2.45) is 0 Å². The molecule has 20 heavy (non-hydrogen) atoms. The van der Waals surface area contributed by atoms with Crippen molar-refractivity contribution in [3.63, 3.8) is 0 Å². The van der Waals surface area contributed by atoms with Crippen LogP contribution in [0.4, 0.5) is 0 Å². The second kappa shape index (κ2) is 7.21. The van der Waals surface area contributed by atoms with Gasteiger partial charge in [-0.3, -0.25) is 4.90 Å². The third kappa shape index (κ3) is 2.90. The molecule has 106 valence electrons. The minimum atomic E-state index is -0.620. The minimum Gasteiger partial charge on any atom is -0.277 e. The van der Waals surface area contributed by atoms with Gasteiger partial charge in [0.25, 0.3) is 0 Å². The van der Waals surface area contributed by atoms with E-state index in [1.54, 1.807) is 11.8 Å². The molecule has 0 bridgehead atoms. The van der Waals surface area contributed by atoms with Crippen LogP contribution in [0, 0.1) is 11.3 Å². The first-order chi connectivity index (χ1) is 9.75. The molecule has 0 saturated carbocycles. The van der Waals surface area contributed by atoms with E-state index in [0.29, 0.717) is 0 Å². The molecule has 1 saturated heterocycles. The first kappa shape index (κ1) is 15.5. The smallest absolute Gasteiger partial charge is 0.156 e. The van der Waals surface area contributed by atoms with Crippen LogP contribution in [0.1, 0.15) is 12.5 Å². The highest BCUT2D eigenvalue weighted by Crippen LogP contribution is 2.37. The summed E-state index contributed by atoms with van der Waals surface area (Å²) in [4.78, 5) is 2.33. The molecule has 1 fully saturated rings. The van der Waals surface area contributed by atoms with E-state index in [2.05, 4.69) is 35.4 Å². The Kier molecular flexibility index (Phi) is 5.59. The van der Waals surface area contributed by atoms with Gasteiger partial charge >= 0.3 is 0 Å². The zero-order valence-electron chi connectivity index (χ0n) is 12.0. The van der Waals surface area contributed by atoms with Gasteiger partial charge < -0.3 is 0 Å². The first-order valence-corrected chi connectivity index (χ1v) is 9.19. The third-order valence-corrected chi connectivity index (χ3v) is 5.24. The summed E-state index contributed by atoms with van der Waals surface area (Å²) in [7, 11) is 0. The SMILES string of the molecule is CSC=C(C)[C@@](C#N)(c1ccccc1)N1CCSCC1. The van der Waals surface area contributed by atoms with Gasteiger partial charge in [0.05, 0.1) is 6.07 Å². The molecule has 0 unspecified atom stereocenters. The molecule has 0 aliphatic carbocycles. The molecule has 0 N–H and O–H groups in total. The third-order valence-electron chi connectivity index (χ3n) is 3.70. The number of thioether (sulfide) groups is 2. The summed E-state index contributed by atoms with van der Waals surface area (Å²) >= 11 is 3.64. The number of hydrogen-bond acceptors (Lipinski definition) is 4. The average molecular weight is 304 g/mol. The molecule has 1 aromatic carbocycles. The lowest BCUT2D eigenvalue weighted by Gasteiger charge is -2.42. The van der Waals surface area contributed by atoms with Gasteiger partial charge in [-0.1, -0.05) is 30.3 Å². The second-order valence-corrected chi connectivity index (χ2v) is 6.76. The largest absolute Gasteiger partial charge is 0.277 e. The molecule has 1 aliphatic rings. The molecule has 1 atom stereocenters. The van der Waals surface area contributed by atoms with E-state index in [0.717, 1.165) is 35.7 Å². The van der Waals surface area contributed by atoms with Crippen molar-refractivity contribution >= 4 is 23.5 Å². The zero-order valence-corrected chi connectivity index (χ0v) is 13.6. The normalized spacial score (nSPS) is 20.1. The number of hydrogen-bond donors (Lipinski definition) is 0. The number of rotatable bonds is 4. The maximum absolute atomic E-state index is 10.0. The molecular weight excluding hydrogens is 284 g/mol. The summed E-state index contributed by atoms with van der Waals surface area (Å²) in [6.45, 7) is 4.01. The molecule has 0 radical (unpaired) electrons. The predicted octanol–water partition coefficient (Wildman–Crippen LogP) is 3.72. The van der Waals surface area contributed by atoms with Crippen molar-refractivity contribution in [2.45, 2.75) is 12.5 Å².